The van der Waals surface area contributed by atoms with Gasteiger partial charge in [0.1, 0.15) is 27.4 Å². The molecule has 3 heterocycles. The number of halogens is 1. The van der Waals surface area contributed by atoms with Crippen molar-refractivity contribution in [2.24, 2.45) is 7.05 Å². The van der Waals surface area contributed by atoms with E-state index in [1.807, 2.05) is 48.0 Å². The molecule has 0 atom stereocenters. The fraction of sp³-hybridized carbons (Fsp3) is 0.0870. The van der Waals surface area contributed by atoms with E-state index in [2.05, 4.69) is 25.3 Å². The van der Waals surface area contributed by atoms with Gasteiger partial charge < -0.3 is 15.6 Å². The molecule has 2 aromatic carbocycles. The van der Waals surface area contributed by atoms with Gasteiger partial charge in [0, 0.05) is 23.3 Å². The number of aromatic nitrogens is 5. The predicted molar refractivity (Wildman–Crippen MR) is 131 cm³/mol. The summed E-state index contributed by atoms with van der Waals surface area (Å²) in [5, 5.41) is 4.29. The number of rotatable bonds is 5. The maximum absolute atomic E-state index is 12.6. The molecule has 5 aromatic rings. The molecular weight excluding hydrogens is 458 g/mol. The summed E-state index contributed by atoms with van der Waals surface area (Å²) in [7, 11) is 1.91. The molecule has 0 aliphatic rings. The van der Waals surface area contributed by atoms with Crippen molar-refractivity contribution in [3.63, 3.8) is 0 Å². The molecule has 0 bridgehead atoms. The van der Waals surface area contributed by atoms with Gasteiger partial charge in [-0.25, -0.2) is 19.9 Å². The van der Waals surface area contributed by atoms with Crippen LogP contribution < -0.4 is 11.1 Å². The van der Waals surface area contributed by atoms with Crippen LogP contribution in [-0.2, 0) is 18.3 Å². The van der Waals surface area contributed by atoms with Gasteiger partial charge in [0.15, 0.2) is 5.82 Å². The number of nitrogens with two attached hydrogens (primary N) is 1. The first-order valence-electron chi connectivity index (χ1n) is 10.0. The summed E-state index contributed by atoms with van der Waals surface area (Å²) in [6.07, 6.45) is 3.39. The lowest BCUT2D eigenvalue weighted by molar-refractivity contribution is -0.115. The Morgan fingerprint density at radius 3 is 2.82 bits per heavy atom. The van der Waals surface area contributed by atoms with Gasteiger partial charge in [0.05, 0.1) is 18.4 Å². The third-order valence-corrected chi connectivity index (χ3v) is 6.24. The Morgan fingerprint density at radius 2 is 2.00 bits per heavy atom. The van der Waals surface area contributed by atoms with Gasteiger partial charge in [-0.1, -0.05) is 47.2 Å². The fourth-order valence-electron chi connectivity index (χ4n) is 3.55. The highest BCUT2D eigenvalue weighted by atomic mass is 35.5. The van der Waals surface area contributed by atoms with Crippen molar-refractivity contribution in [3.8, 4) is 22.0 Å². The lowest BCUT2D eigenvalue weighted by Gasteiger charge is -2.08. The predicted octanol–water partition coefficient (Wildman–Crippen LogP) is 4.57. The molecule has 5 rings (SSSR count). The highest BCUT2D eigenvalue weighted by molar-refractivity contribution is 7.21. The maximum atomic E-state index is 12.6. The number of imidazole rings is 1. The molecule has 10 heteroatoms. The number of aryl methyl sites for hydroxylation is 1. The van der Waals surface area contributed by atoms with E-state index in [4.69, 9.17) is 17.3 Å². The molecule has 0 radical (unpaired) electrons. The van der Waals surface area contributed by atoms with Crippen LogP contribution in [0.3, 0.4) is 0 Å². The van der Waals surface area contributed by atoms with Crippen molar-refractivity contribution in [2.75, 3.05) is 11.1 Å². The first-order chi connectivity index (χ1) is 16.0. The maximum Gasteiger partial charge on any atom is 0.228 e. The Balaban J connectivity index is 1.44. The standard InChI is InChI=1S/C23H18ClN7OS/c1-31-12-28-18(20(31)23-30-19-21(25)26-11-27-22(19)33-23)14-5-3-7-16(10-14)29-17(32)9-13-4-2-6-15(24)8-13/h2-8,10-12H,9H2,1H3,(H,29,32)(H2,25,26,27). The minimum Gasteiger partial charge on any atom is -0.382 e. The third kappa shape index (κ3) is 4.28. The Kier molecular flexibility index (Phi) is 5.49. The van der Waals surface area contributed by atoms with Crippen LogP contribution in [0.1, 0.15) is 5.56 Å². The Hall–Kier alpha value is -3.82. The summed E-state index contributed by atoms with van der Waals surface area (Å²) < 4.78 is 1.90. The van der Waals surface area contributed by atoms with Crippen LogP contribution in [0.5, 0.6) is 0 Å². The quantitative estimate of drug-likeness (QED) is 0.385. The molecule has 33 heavy (non-hydrogen) atoms. The molecule has 0 saturated heterocycles. The number of amides is 1. The van der Waals surface area contributed by atoms with Crippen LogP contribution in [-0.4, -0.2) is 30.4 Å². The van der Waals surface area contributed by atoms with E-state index in [1.165, 1.54) is 17.7 Å². The molecule has 164 valence electrons. The topological polar surface area (TPSA) is 112 Å². The summed E-state index contributed by atoms with van der Waals surface area (Å²) in [4.78, 5) is 30.8. The average molecular weight is 476 g/mol. The summed E-state index contributed by atoms with van der Waals surface area (Å²) >= 11 is 7.45. The summed E-state index contributed by atoms with van der Waals surface area (Å²) in [5.41, 5.74) is 10.5. The Bertz CT molecular complexity index is 1490. The van der Waals surface area contributed by atoms with E-state index in [0.717, 1.165) is 27.5 Å². The van der Waals surface area contributed by atoms with Gasteiger partial charge in [0.2, 0.25) is 5.91 Å². The summed E-state index contributed by atoms with van der Waals surface area (Å²) in [5.74, 6) is 0.214. The van der Waals surface area contributed by atoms with Crippen LogP contribution >= 0.6 is 22.9 Å². The molecular formula is C23H18ClN7OS. The summed E-state index contributed by atoms with van der Waals surface area (Å²) in [6, 6.07) is 14.8. The number of nitrogens with one attached hydrogen (secondary N) is 1. The second-order valence-corrected chi connectivity index (χ2v) is 8.83. The monoisotopic (exact) mass is 475 g/mol. The highest BCUT2D eigenvalue weighted by Crippen LogP contribution is 2.36. The zero-order chi connectivity index (χ0) is 22.9. The Morgan fingerprint density at radius 1 is 1.15 bits per heavy atom. The number of hydrogen-bond acceptors (Lipinski definition) is 7. The zero-order valence-corrected chi connectivity index (χ0v) is 19.1. The number of carbonyl (C=O) groups is 1. The normalized spacial score (nSPS) is 11.1. The lowest BCUT2D eigenvalue weighted by Crippen LogP contribution is -2.14. The number of thiazole rings is 1. The van der Waals surface area contributed by atoms with E-state index in [9.17, 15) is 4.79 Å². The zero-order valence-electron chi connectivity index (χ0n) is 17.5. The lowest BCUT2D eigenvalue weighted by atomic mass is 10.1. The van der Waals surface area contributed by atoms with Gasteiger partial charge in [-0.15, -0.1) is 0 Å². The van der Waals surface area contributed by atoms with Crippen molar-refractivity contribution in [3.05, 3.63) is 71.8 Å². The molecule has 1 amide bonds. The van der Waals surface area contributed by atoms with Crippen molar-refractivity contribution >= 4 is 50.7 Å². The number of carbonyl (C=O) groups excluding carboxylic acids is 1. The number of nitrogens with zero attached hydrogens (tertiary/aromatic N) is 5. The van der Waals surface area contributed by atoms with Gasteiger partial charge in [-0.05, 0) is 29.8 Å². The number of nitrogen functional groups attached to an aromatic ring is 1. The fourth-order valence-corrected chi connectivity index (χ4v) is 4.76. The number of fused-ring (bicyclic) bond motifs is 1. The van der Waals surface area contributed by atoms with Crippen LogP contribution in [0, 0.1) is 0 Å². The van der Waals surface area contributed by atoms with E-state index in [1.54, 1.807) is 18.5 Å². The second kappa shape index (κ2) is 8.61. The molecule has 0 unspecified atom stereocenters. The van der Waals surface area contributed by atoms with E-state index < -0.39 is 0 Å². The minimum atomic E-state index is -0.129. The largest absolute Gasteiger partial charge is 0.382 e. The molecule has 3 aromatic heterocycles. The minimum absolute atomic E-state index is 0.129. The van der Waals surface area contributed by atoms with Gasteiger partial charge in [-0.2, -0.15) is 0 Å². The smallest absolute Gasteiger partial charge is 0.228 e. The van der Waals surface area contributed by atoms with Crippen LogP contribution in [0.4, 0.5) is 11.5 Å². The molecule has 0 aliphatic carbocycles. The first kappa shape index (κ1) is 21.0. The first-order valence-corrected chi connectivity index (χ1v) is 11.2. The third-order valence-electron chi connectivity index (χ3n) is 5.04. The molecule has 0 fully saturated rings. The van der Waals surface area contributed by atoms with Crippen molar-refractivity contribution in [1.82, 2.24) is 24.5 Å². The SMILES string of the molecule is Cn1cnc(-c2cccc(NC(=O)Cc3cccc(Cl)c3)c2)c1-c1nc2c(N)ncnc2s1. The average Bonchev–Trinajstić information content (AvgIpc) is 3.38. The molecule has 0 saturated carbocycles. The molecule has 3 N–H and O–H groups in total. The second-order valence-electron chi connectivity index (χ2n) is 7.42. The van der Waals surface area contributed by atoms with Crippen molar-refractivity contribution in [1.29, 1.82) is 0 Å². The van der Waals surface area contributed by atoms with Gasteiger partial charge in [0.25, 0.3) is 0 Å². The highest BCUT2D eigenvalue weighted by Gasteiger charge is 2.19. The van der Waals surface area contributed by atoms with E-state index >= 15 is 0 Å². The van der Waals surface area contributed by atoms with Crippen LogP contribution in [0.25, 0.3) is 32.3 Å². The van der Waals surface area contributed by atoms with Gasteiger partial charge in [-0.3, -0.25) is 4.79 Å². The number of anilines is 2. The van der Waals surface area contributed by atoms with Gasteiger partial charge >= 0.3 is 0 Å². The van der Waals surface area contributed by atoms with Crippen LogP contribution in [0.2, 0.25) is 5.02 Å². The number of benzene rings is 2. The van der Waals surface area contributed by atoms with E-state index in [-0.39, 0.29) is 12.3 Å². The Labute approximate surface area is 198 Å². The summed E-state index contributed by atoms with van der Waals surface area (Å²) in [6.45, 7) is 0. The molecule has 0 aliphatic heterocycles. The van der Waals surface area contributed by atoms with Crippen molar-refractivity contribution < 1.29 is 4.79 Å². The molecule has 8 nitrogen and oxygen atoms in total. The van der Waals surface area contributed by atoms with E-state index in [0.29, 0.717) is 26.9 Å². The van der Waals surface area contributed by atoms with Crippen LogP contribution in [0.15, 0.2) is 61.2 Å². The molecule has 0 spiro atoms. The van der Waals surface area contributed by atoms with Crippen molar-refractivity contribution in [2.45, 2.75) is 6.42 Å². The number of hydrogen-bond donors (Lipinski definition) is 2.